The third-order valence-corrected chi connectivity index (χ3v) is 5.07. The summed E-state index contributed by atoms with van der Waals surface area (Å²) < 4.78 is 5.65. The van der Waals surface area contributed by atoms with Crippen LogP contribution in [0.3, 0.4) is 0 Å². The molecule has 1 aliphatic heterocycles. The molecule has 2 aromatic carbocycles. The zero-order valence-electron chi connectivity index (χ0n) is 17.8. The quantitative estimate of drug-likeness (QED) is 0.390. The highest BCUT2D eigenvalue weighted by molar-refractivity contribution is 6.32. The Kier molecular flexibility index (Phi) is 6.57. The number of hydrogen-bond donors (Lipinski definition) is 4. The molecule has 156 valence electrons. The number of allylic oxidation sites excluding steroid dienone is 2. The van der Waals surface area contributed by atoms with Gasteiger partial charge in [-0.1, -0.05) is 31.5 Å². The SMILES string of the molecule is CCCc1cccc(OC)c1-c1ccc2c(c1)/C(=C(\C)N/C(C=N)=C/NC)C(=O)N2. The first kappa shape index (κ1) is 21.2. The van der Waals surface area contributed by atoms with Crippen molar-refractivity contribution in [2.45, 2.75) is 26.7 Å². The summed E-state index contributed by atoms with van der Waals surface area (Å²) in [5, 5.41) is 16.5. The zero-order chi connectivity index (χ0) is 21.7. The van der Waals surface area contributed by atoms with Crippen molar-refractivity contribution in [2.24, 2.45) is 0 Å². The van der Waals surface area contributed by atoms with E-state index in [0.717, 1.165) is 41.0 Å². The molecule has 1 heterocycles. The molecule has 0 spiro atoms. The van der Waals surface area contributed by atoms with Gasteiger partial charge in [0.1, 0.15) is 5.75 Å². The first-order valence-corrected chi connectivity index (χ1v) is 10.0. The fourth-order valence-corrected chi connectivity index (χ4v) is 3.80. The summed E-state index contributed by atoms with van der Waals surface area (Å²) in [6.45, 7) is 4.00. The molecule has 1 amide bonds. The Morgan fingerprint density at radius 1 is 1.27 bits per heavy atom. The van der Waals surface area contributed by atoms with Gasteiger partial charge in [-0.15, -0.1) is 0 Å². The lowest BCUT2D eigenvalue weighted by Crippen LogP contribution is -2.18. The van der Waals surface area contributed by atoms with Gasteiger partial charge in [-0.2, -0.15) is 0 Å². The van der Waals surface area contributed by atoms with Crippen molar-refractivity contribution in [2.75, 3.05) is 19.5 Å². The number of hydrogen-bond acceptors (Lipinski definition) is 5. The minimum absolute atomic E-state index is 0.158. The molecule has 0 radical (unpaired) electrons. The molecule has 6 nitrogen and oxygen atoms in total. The van der Waals surface area contributed by atoms with Crippen molar-refractivity contribution >= 4 is 23.4 Å². The molecular formula is C24H28N4O2. The van der Waals surface area contributed by atoms with Crippen molar-refractivity contribution in [1.29, 1.82) is 5.41 Å². The van der Waals surface area contributed by atoms with E-state index in [4.69, 9.17) is 10.1 Å². The highest BCUT2D eigenvalue weighted by Crippen LogP contribution is 2.40. The monoisotopic (exact) mass is 404 g/mol. The Morgan fingerprint density at radius 2 is 2.07 bits per heavy atom. The average Bonchev–Trinajstić information content (AvgIpc) is 3.08. The molecule has 4 N–H and O–H groups in total. The summed E-state index contributed by atoms with van der Waals surface area (Å²) in [5.41, 5.74) is 6.72. The lowest BCUT2D eigenvalue weighted by Gasteiger charge is -2.15. The number of rotatable bonds is 8. The Labute approximate surface area is 177 Å². The molecule has 0 aliphatic carbocycles. The standard InChI is InChI=1S/C24H28N4O2/c1-5-7-16-8-6-9-21(30-4)23(16)17-10-11-20-19(12-17)22(24(29)28-20)15(2)27-18(13-25)14-26-3/h6,8-14,25-27H,5,7H2,1-4H3,(H,28,29)/b18-14+,22-15-,25-13?. The lowest BCUT2D eigenvalue weighted by atomic mass is 9.93. The number of amides is 1. The minimum Gasteiger partial charge on any atom is -0.496 e. The van der Waals surface area contributed by atoms with Crippen LogP contribution in [0, 0.1) is 5.41 Å². The van der Waals surface area contributed by atoms with Gasteiger partial charge in [0, 0.05) is 42.0 Å². The maximum Gasteiger partial charge on any atom is 0.258 e. The van der Waals surface area contributed by atoms with Crippen molar-refractivity contribution in [3.05, 3.63) is 65.1 Å². The number of fused-ring (bicyclic) bond motifs is 1. The number of nitrogens with one attached hydrogen (secondary N) is 4. The Balaban J connectivity index is 2.13. The van der Waals surface area contributed by atoms with Gasteiger partial charge in [0.15, 0.2) is 0 Å². The number of carbonyl (C=O) groups excluding carboxylic acids is 1. The van der Waals surface area contributed by atoms with E-state index in [0.29, 0.717) is 17.0 Å². The summed E-state index contributed by atoms with van der Waals surface area (Å²) in [7, 11) is 3.44. The third kappa shape index (κ3) is 4.08. The second-order valence-corrected chi connectivity index (χ2v) is 7.12. The van der Waals surface area contributed by atoms with Gasteiger partial charge >= 0.3 is 0 Å². The van der Waals surface area contributed by atoms with Crippen molar-refractivity contribution in [3.63, 3.8) is 0 Å². The second kappa shape index (κ2) is 9.31. The largest absolute Gasteiger partial charge is 0.496 e. The number of anilines is 1. The van der Waals surface area contributed by atoms with E-state index in [9.17, 15) is 4.79 Å². The highest BCUT2D eigenvalue weighted by Gasteiger charge is 2.27. The van der Waals surface area contributed by atoms with E-state index >= 15 is 0 Å². The van der Waals surface area contributed by atoms with Crippen LogP contribution in [-0.4, -0.2) is 26.3 Å². The third-order valence-electron chi connectivity index (χ3n) is 5.07. The maximum absolute atomic E-state index is 12.7. The topological polar surface area (TPSA) is 86.2 Å². The van der Waals surface area contributed by atoms with Gasteiger partial charge < -0.3 is 26.1 Å². The van der Waals surface area contributed by atoms with Crippen LogP contribution in [0.1, 0.15) is 31.4 Å². The Hall–Kier alpha value is -3.54. The highest BCUT2D eigenvalue weighted by atomic mass is 16.5. The zero-order valence-corrected chi connectivity index (χ0v) is 17.8. The van der Waals surface area contributed by atoms with Crippen LogP contribution in [0.5, 0.6) is 5.75 Å². The summed E-state index contributed by atoms with van der Waals surface area (Å²) in [6.07, 6.45) is 4.86. The molecule has 1 aliphatic rings. The van der Waals surface area contributed by atoms with Gasteiger partial charge in [-0.25, -0.2) is 0 Å². The van der Waals surface area contributed by atoms with Gasteiger partial charge in [0.25, 0.3) is 5.91 Å². The number of benzene rings is 2. The molecule has 0 saturated carbocycles. The van der Waals surface area contributed by atoms with E-state index < -0.39 is 0 Å². The summed E-state index contributed by atoms with van der Waals surface area (Å²) in [4.78, 5) is 12.7. The smallest absolute Gasteiger partial charge is 0.258 e. The van der Waals surface area contributed by atoms with Crippen LogP contribution in [0.2, 0.25) is 0 Å². The van der Waals surface area contributed by atoms with Gasteiger partial charge in [-0.3, -0.25) is 4.79 Å². The van der Waals surface area contributed by atoms with Gasteiger partial charge in [0.05, 0.1) is 18.4 Å². The van der Waals surface area contributed by atoms with E-state index in [-0.39, 0.29) is 5.91 Å². The molecule has 6 heteroatoms. The first-order valence-electron chi connectivity index (χ1n) is 10.0. The molecule has 0 saturated heterocycles. The normalized spacial score (nSPS) is 14.7. The Bertz CT molecular complexity index is 1040. The predicted octanol–water partition coefficient (Wildman–Crippen LogP) is 4.30. The van der Waals surface area contributed by atoms with E-state index in [1.807, 2.05) is 37.3 Å². The van der Waals surface area contributed by atoms with Crippen LogP contribution in [0.15, 0.2) is 54.0 Å². The van der Waals surface area contributed by atoms with E-state index in [2.05, 4.69) is 28.9 Å². The fourth-order valence-electron chi connectivity index (χ4n) is 3.80. The van der Waals surface area contributed by atoms with Crippen LogP contribution in [0.25, 0.3) is 16.7 Å². The Morgan fingerprint density at radius 3 is 2.73 bits per heavy atom. The van der Waals surface area contributed by atoms with E-state index in [1.165, 1.54) is 11.8 Å². The molecule has 3 rings (SSSR count). The van der Waals surface area contributed by atoms with Crippen LogP contribution in [0.4, 0.5) is 5.69 Å². The predicted molar refractivity (Wildman–Crippen MR) is 123 cm³/mol. The molecular weight excluding hydrogens is 376 g/mol. The number of ether oxygens (including phenoxy) is 1. The molecule has 0 fully saturated rings. The fraction of sp³-hybridized carbons (Fsp3) is 0.250. The molecule has 0 bridgehead atoms. The van der Waals surface area contributed by atoms with Gasteiger partial charge in [0.2, 0.25) is 0 Å². The van der Waals surface area contributed by atoms with Crippen molar-refractivity contribution in [3.8, 4) is 16.9 Å². The molecule has 2 aromatic rings. The second-order valence-electron chi connectivity index (χ2n) is 7.12. The molecule has 0 atom stereocenters. The van der Waals surface area contributed by atoms with Crippen LogP contribution < -0.4 is 20.7 Å². The molecule has 0 unspecified atom stereocenters. The first-order chi connectivity index (χ1) is 14.5. The minimum atomic E-state index is -0.158. The lowest BCUT2D eigenvalue weighted by molar-refractivity contribution is -0.110. The van der Waals surface area contributed by atoms with Crippen LogP contribution >= 0.6 is 0 Å². The van der Waals surface area contributed by atoms with Crippen LogP contribution in [-0.2, 0) is 11.2 Å². The summed E-state index contributed by atoms with van der Waals surface area (Å²) in [6, 6.07) is 12.1. The maximum atomic E-state index is 12.7. The number of carbonyl (C=O) groups is 1. The van der Waals surface area contributed by atoms with E-state index in [1.54, 1.807) is 20.4 Å². The summed E-state index contributed by atoms with van der Waals surface area (Å²) in [5.74, 6) is 0.663. The number of methoxy groups -OCH3 is 1. The van der Waals surface area contributed by atoms with Crippen molar-refractivity contribution < 1.29 is 9.53 Å². The van der Waals surface area contributed by atoms with Gasteiger partial charge in [-0.05, 0) is 42.7 Å². The average molecular weight is 405 g/mol. The summed E-state index contributed by atoms with van der Waals surface area (Å²) >= 11 is 0. The van der Waals surface area contributed by atoms with Crippen molar-refractivity contribution in [1.82, 2.24) is 10.6 Å². The molecule has 0 aromatic heterocycles. The number of aryl methyl sites for hydroxylation is 1. The molecule has 30 heavy (non-hydrogen) atoms.